The molecule has 0 aromatic heterocycles. The predicted molar refractivity (Wildman–Crippen MR) is 110 cm³/mol. The van der Waals surface area contributed by atoms with E-state index in [9.17, 15) is 14.7 Å². The molecule has 156 valence electrons. The number of allylic oxidation sites excluding steroid dienone is 2. The first-order valence-corrected chi connectivity index (χ1v) is 10.7. The number of carboxylic acid groups (broad SMARTS) is 1. The van der Waals surface area contributed by atoms with Crippen molar-refractivity contribution >= 4 is 11.8 Å². The molecule has 1 unspecified atom stereocenters. The number of hydrogen-bond donors (Lipinski definition) is 2. The van der Waals surface area contributed by atoms with Crippen LogP contribution in [-0.4, -0.2) is 28.1 Å². The van der Waals surface area contributed by atoms with E-state index < -0.39 is 5.97 Å². The highest BCUT2D eigenvalue weighted by atomic mass is 16.4. The lowest BCUT2D eigenvalue weighted by atomic mass is 9.78. The number of unbranched alkanes of at least 4 members (excludes halogenated alkanes) is 3. The normalized spacial score (nSPS) is 21.3. The Hall–Kier alpha value is -1.16. The predicted octanol–water partition coefficient (Wildman–Crippen LogP) is 5.53. The first kappa shape index (κ1) is 23.9. The third kappa shape index (κ3) is 9.05. The molecule has 2 N–H and O–H groups in total. The summed E-state index contributed by atoms with van der Waals surface area (Å²) in [5.74, 6) is 0.221. The Labute approximate surface area is 165 Å². The summed E-state index contributed by atoms with van der Waals surface area (Å²) in [6.07, 6.45) is 10.9. The molecule has 1 fully saturated rings. The van der Waals surface area contributed by atoms with Gasteiger partial charge in [-0.2, -0.15) is 0 Å². The molecule has 0 radical (unpaired) electrons. The van der Waals surface area contributed by atoms with Crippen LogP contribution in [0.1, 0.15) is 98.3 Å². The van der Waals surface area contributed by atoms with Gasteiger partial charge in [-0.15, -0.1) is 0 Å². The summed E-state index contributed by atoms with van der Waals surface area (Å²) in [5.41, 5.74) is 1.14. The third-order valence-corrected chi connectivity index (χ3v) is 6.15. The summed E-state index contributed by atoms with van der Waals surface area (Å²) >= 11 is 0. The molecule has 0 aromatic carbocycles. The van der Waals surface area contributed by atoms with Crippen molar-refractivity contribution in [2.45, 2.75) is 104 Å². The molecule has 0 amide bonds. The number of hydrogen-bond acceptors (Lipinski definition) is 3. The molecule has 0 aromatic rings. The number of ketones is 1. The van der Waals surface area contributed by atoms with E-state index in [1.165, 1.54) is 5.57 Å². The van der Waals surface area contributed by atoms with Crippen molar-refractivity contribution in [2.24, 2.45) is 17.3 Å². The molecule has 4 heteroatoms. The molecule has 27 heavy (non-hydrogen) atoms. The van der Waals surface area contributed by atoms with Crippen molar-refractivity contribution < 1.29 is 19.8 Å². The second-order valence-corrected chi connectivity index (χ2v) is 9.29. The largest absolute Gasteiger partial charge is 0.481 e. The lowest BCUT2D eigenvalue weighted by Gasteiger charge is -2.31. The van der Waals surface area contributed by atoms with Gasteiger partial charge in [0, 0.05) is 18.8 Å². The van der Waals surface area contributed by atoms with Crippen LogP contribution in [0.2, 0.25) is 0 Å². The van der Waals surface area contributed by atoms with Crippen molar-refractivity contribution in [2.75, 3.05) is 0 Å². The Bertz CT molecular complexity index is 503. The highest BCUT2D eigenvalue weighted by Gasteiger charge is 2.35. The molecular formula is C23H40O4. The van der Waals surface area contributed by atoms with Gasteiger partial charge in [0.05, 0.1) is 6.10 Å². The number of rotatable bonds is 13. The van der Waals surface area contributed by atoms with Gasteiger partial charge in [-0.3, -0.25) is 9.59 Å². The second kappa shape index (κ2) is 11.6. The Kier molecular flexibility index (Phi) is 10.3. The summed E-state index contributed by atoms with van der Waals surface area (Å²) in [6.45, 7) is 8.40. The Balaban J connectivity index is 2.38. The minimum Gasteiger partial charge on any atom is -0.481 e. The monoisotopic (exact) mass is 380 g/mol. The summed E-state index contributed by atoms with van der Waals surface area (Å²) in [4.78, 5) is 22.8. The quantitative estimate of drug-likeness (QED) is 0.325. The molecule has 1 aliphatic carbocycles. The van der Waals surface area contributed by atoms with E-state index >= 15 is 0 Å². The fraction of sp³-hybridized carbons (Fsp3) is 0.826. The molecule has 1 rings (SSSR count). The highest BCUT2D eigenvalue weighted by molar-refractivity contribution is 5.83. The van der Waals surface area contributed by atoms with Crippen LogP contribution in [0.4, 0.5) is 0 Å². The number of carbonyl (C=O) groups is 2. The first-order valence-electron chi connectivity index (χ1n) is 10.7. The van der Waals surface area contributed by atoms with Crippen molar-refractivity contribution in [3.8, 4) is 0 Å². The lowest BCUT2D eigenvalue weighted by Crippen LogP contribution is -2.30. The smallest absolute Gasteiger partial charge is 0.303 e. The second-order valence-electron chi connectivity index (χ2n) is 9.29. The van der Waals surface area contributed by atoms with E-state index in [2.05, 4.69) is 33.8 Å². The molecule has 4 nitrogen and oxygen atoms in total. The Morgan fingerprint density at radius 2 is 1.85 bits per heavy atom. The van der Waals surface area contributed by atoms with Crippen LogP contribution in [-0.2, 0) is 9.59 Å². The van der Waals surface area contributed by atoms with Gasteiger partial charge < -0.3 is 10.2 Å². The highest BCUT2D eigenvalue weighted by Crippen LogP contribution is 2.38. The van der Waals surface area contributed by atoms with Crippen LogP contribution in [0, 0.1) is 17.3 Å². The van der Waals surface area contributed by atoms with Gasteiger partial charge in [0.15, 0.2) is 0 Å². The van der Waals surface area contributed by atoms with Gasteiger partial charge >= 0.3 is 5.97 Å². The van der Waals surface area contributed by atoms with Crippen LogP contribution >= 0.6 is 0 Å². The van der Waals surface area contributed by atoms with E-state index in [-0.39, 0.29) is 23.9 Å². The number of aliphatic hydroxyl groups excluding tert-OH is 1. The van der Waals surface area contributed by atoms with Gasteiger partial charge in [0.2, 0.25) is 0 Å². The van der Waals surface area contributed by atoms with Crippen molar-refractivity contribution in [1.29, 1.82) is 0 Å². The molecule has 3 atom stereocenters. The maximum atomic E-state index is 12.3. The lowest BCUT2D eigenvalue weighted by molar-refractivity contribution is -0.137. The number of aliphatic hydroxyl groups is 1. The Morgan fingerprint density at radius 3 is 2.48 bits per heavy atom. The topological polar surface area (TPSA) is 74.6 Å². The molecule has 0 spiro atoms. The zero-order valence-electron chi connectivity index (χ0n) is 17.8. The number of carboxylic acids is 1. The maximum Gasteiger partial charge on any atom is 0.303 e. The zero-order chi connectivity index (χ0) is 20.4. The molecule has 1 saturated carbocycles. The van der Waals surface area contributed by atoms with Crippen LogP contribution in [0.5, 0.6) is 0 Å². The standard InChI is InChI=1S/C23H40O4/c1-17(2)15-16-23(3,4)21(25)14-12-18-11-13-20(24)19(18)9-7-5-6-8-10-22(26)27/h15,18-19,21,25H,5-14,16H2,1-4H3,(H,26,27)/t18-,19-,21?/m1/s1. The Morgan fingerprint density at radius 1 is 1.19 bits per heavy atom. The maximum absolute atomic E-state index is 12.3. The molecule has 0 aliphatic heterocycles. The third-order valence-electron chi connectivity index (χ3n) is 6.15. The number of Topliss-reactive ketones (excluding diaryl/α,β-unsaturated/α-hetero) is 1. The van der Waals surface area contributed by atoms with Crippen LogP contribution in [0.25, 0.3) is 0 Å². The van der Waals surface area contributed by atoms with Gasteiger partial charge in [0.1, 0.15) is 5.78 Å². The van der Waals surface area contributed by atoms with E-state index in [4.69, 9.17) is 5.11 Å². The van der Waals surface area contributed by atoms with Gasteiger partial charge in [-0.25, -0.2) is 0 Å². The van der Waals surface area contributed by atoms with Crippen molar-refractivity contribution in [3.05, 3.63) is 11.6 Å². The van der Waals surface area contributed by atoms with Crippen LogP contribution < -0.4 is 0 Å². The SMILES string of the molecule is CC(C)=CCC(C)(C)C(O)CC[C@H]1CCC(=O)[C@@H]1CCCCCCC(=O)O. The van der Waals surface area contributed by atoms with Crippen LogP contribution in [0.15, 0.2) is 11.6 Å². The molecule has 1 aliphatic rings. The summed E-state index contributed by atoms with van der Waals surface area (Å²) in [6, 6.07) is 0. The fourth-order valence-electron chi connectivity index (χ4n) is 4.08. The molecule has 0 heterocycles. The molecule has 0 saturated heterocycles. The van der Waals surface area contributed by atoms with E-state index in [0.29, 0.717) is 18.1 Å². The van der Waals surface area contributed by atoms with Gasteiger partial charge in [-0.05, 0) is 63.7 Å². The number of carbonyl (C=O) groups excluding carboxylic acids is 1. The van der Waals surface area contributed by atoms with E-state index in [1.807, 2.05) is 0 Å². The summed E-state index contributed by atoms with van der Waals surface area (Å²) in [7, 11) is 0. The molecule has 0 bridgehead atoms. The van der Waals surface area contributed by atoms with E-state index in [0.717, 1.165) is 57.8 Å². The van der Waals surface area contributed by atoms with Crippen molar-refractivity contribution in [3.63, 3.8) is 0 Å². The fourth-order valence-corrected chi connectivity index (χ4v) is 4.08. The van der Waals surface area contributed by atoms with Gasteiger partial charge in [-0.1, -0.05) is 44.8 Å². The average Bonchev–Trinajstić information content (AvgIpc) is 2.93. The summed E-state index contributed by atoms with van der Waals surface area (Å²) < 4.78 is 0. The average molecular weight is 381 g/mol. The van der Waals surface area contributed by atoms with Crippen molar-refractivity contribution in [1.82, 2.24) is 0 Å². The zero-order valence-corrected chi connectivity index (χ0v) is 17.8. The number of aliphatic carboxylic acids is 1. The van der Waals surface area contributed by atoms with Crippen LogP contribution in [0.3, 0.4) is 0 Å². The minimum atomic E-state index is -0.730. The van der Waals surface area contributed by atoms with E-state index in [1.54, 1.807) is 0 Å². The summed E-state index contributed by atoms with van der Waals surface area (Å²) in [5, 5.41) is 19.3. The first-order chi connectivity index (χ1) is 12.6. The minimum absolute atomic E-state index is 0.139. The van der Waals surface area contributed by atoms with Gasteiger partial charge in [0.25, 0.3) is 0 Å². The molecular weight excluding hydrogens is 340 g/mol.